The van der Waals surface area contributed by atoms with E-state index in [4.69, 9.17) is 10.7 Å². The molecule has 118 valence electrons. The molecule has 0 saturated carbocycles. The van der Waals surface area contributed by atoms with Crippen molar-refractivity contribution in [2.75, 3.05) is 11.5 Å². The molecule has 1 aromatic heterocycles. The molecule has 21 heavy (non-hydrogen) atoms. The van der Waals surface area contributed by atoms with E-state index in [0.29, 0.717) is 0 Å². The minimum Gasteiger partial charge on any atom is -0.344 e. The first-order valence-electron chi connectivity index (χ1n) is 5.96. The van der Waals surface area contributed by atoms with Crippen LogP contribution in [-0.4, -0.2) is 50.0 Å². The van der Waals surface area contributed by atoms with Crippen LogP contribution in [0.4, 0.5) is 0 Å². The average Bonchev–Trinajstić information content (AvgIpc) is 2.78. The highest BCUT2D eigenvalue weighted by molar-refractivity contribution is 8.13. The van der Waals surface area contributed by atoms with Crippen LogP contribution in [-0.2, 0) is 18.9 Å². The van der Waals surface area contributed by atoms with Crippen LogP contribution in [0, 0.1) is 6.92 Å². The largest absolute Gasteiger partial charge is 0.344 e. The second-order valence-electron chi connectivity index (χ2n) is 5.32. The monoisotopic (exact) mass is 355 g/mol. The van der Waals surface area contributed by atoms with Crippen molar-refractivity contribution in [3.63, 3.8) is 0 Å². The van der Waals surface area contributed by atoms with Gasteiger partial charge in [0, 0.05) is 10.7 Å². The van der Waals surface area contributed by atoms with Crippen molar-refractivity contribution in [3.8, 4) is 0 Å². The third-order valence-corrected chi connectivity index (χ3v) is 6.62. The fourth-order valence-corrected chi connectivity index (χ4v) is 5.75. The van der Waals surface area contributed by atoms with Gasteiger partial charge in [0.15, 0.2) is 15.5 Å². The number of aromatic nitrogens is 2. The molecule has 0 aromatic carbocycles. The van der Waals surface area contributed by atoms with Crippen LogP contribution in [0.15, 0.2) is 4.90 Å². The number of hydrogen-bond acceptors (Lipinski definition) is 6. The number of rotatable bonds is 3. The first-order chi connectivity index (χ1) is 9.44. The number of sulfone groups is 1. The van der Waals surface area contributed by atoms with Crippen LogP contribution in [0.3, 0.4) is 0 Å². The number of amides is 1. The molecule has 0 aliphatic carbocycles. The molecule has 2 N–H and O–H groups in total. The average molecular weight is 356 g/mol. The van der Waals surface area contributed by atoms with Crippen LogP contribution in [0.5, 0.6) is 0 Å². The first-order valence-corrected chi connectivity index (χ1v) is 10.1. The lowest BCUT2D eigenvalue weighted by atomic mass is 10.0. The Bertz CT molecular complexity index is 799. The molecule has 1 amide bonds. The minimum atomic E-state index is -4.14. The lowest BCUT2D eigenvalue weighted by Crippen LogP contribution is -2.47. The molecule has 1 saturated heterocycles. The topological polar surface area (TPSA) is 126 Å². The van der Waals surface area contributed by atoms with Gasteiger partial charge in [0.05, 0.1) is 22.7 Å². The summed E-state index contributed by atoms with van der Waals surface area (Å²) in [5.41, 5.74) is -1.18. The van der Waals surface area contributed by atoms with Crippen molar-refractivity contribution in [2.45, 2.75) is 30.7 Å². The number of H-pyrrole nitrogens is 1. The van der Waals surface area contributed by atoms with E-state index in [2.05, 4.69) is 15.5 Å². The van der Waals surface area contributed by atoms with Crippen LogP contribution in [0.25, 0.3) is 0 Å². The van der Waals surface area contributed by atoms with E-state index in [-0.39, 0.29) is 29.3 Å². The molecule has 1 aliphatic heterocycles. The number of hydrogen-bond donors (Lipinski definition) is 2. The molecule has 8 nitrogen and oxygen atoms in total. The summed E-state index contributed by atoms with van der Waals surface area (Å²) in [6.45, 7) is 3.00. The van der Waals surface area contributed by atoms with E-state index in [1.165, 1.54) is 6.92 Å². The third kappa shape index (κ3) is 3.38. The van der Waals surface area contributed by atoms with E-state index >= 15 is 0 Å². The Morgan fingerprint density at radius 3 is 2.57 bits per heavy atom. The van der Waals surface area contributed by atoms with Gasteiger partial charge in [-0.25, -0.2) is 16.8 Å². The Balaban J connectivity index is 2.31. The Hall–Kier alpha value is -1.13. The molecule has 1 fully saturated rings. The molecular formula is C10H14ClN3O5S2. The number of aryl methyl sites for hydroxylation is 1. The van der Waals surface area contributed by atoms with Gasteiger partial charge in [-0.1, -0.05) is 0 Å². The maximum atomic E-state index is 12.2. The summed E-state index contributed by atoms with van der Waals surface area (Å²) in [4.78, 5) is 11.8. The van der Waals surface area contributed by atoms with Gasteiger partial charge >= 0.3 is 0 Å². The van der Waals surface area contributed by atoms with Crippen molar-refractivity contribution in [1.29, 1.82) is 0 Å². The van der Waals surface area contributed by atoms with Gasteiger partial charge in [0.2, 0.25) is 0 Å². The van der Waals surface area contributed by atoms with Crippen molar-refractivity contribution in [2.24, 2.45) is 0 Å². The number of halogens is 1. The first kappa shape index (κ1) is 16.2. The fourth-order valence-electron chi connectivity index (χ4n) is 2.31. The van der Waals surface area contributed by atoms with E-state index in [1.54, 1.807) is 6.92 Å². The highest BCUT2D eigenvalue weighted by Gasteiger charge is 2.40. The standard InChI is InChI=1S/C10H14ClN3O5S2/c1-6-8(21(11,18)19)7(14-13-6)9(15)12-10(2)3-4-20(16,17)5-10/h3-5H2,1-2H3,(H,12,15)(H,13,14). The highest BCUT2D eigenvalue weighted by Crippen LogP contribution is 2.25. The smallest absolute Gasteiger partial charge is 0.273 e. The number of nitrogens with zero attached hydrogens (tertiary/aromatic N) is 1. The molecule has 0 radical (unpaired) electrons. The number of nitrogens with one attached hydrogen (secondary N) is 2. The molecular weight excluding hydrogens is 342 g/mol. The maximum Gasteiger partial charge on any atom is 0.273 e. The second kappa shape index (κ2) is 4.96. The minimum absolute atomic E-state index is 0.0238. The molecule has 2 heterocycles. The van der Waals surface area contributed by atoms with Gasteiger partial charge in [-0.3, -0.25) is 9.89 Å². The van der Waals surface area contributed by atoms with E-state index < -0.39 is 35.2 Å². The SMILES string of the molecule is Cc1[nH]nc(C(=O)NC2(C)CCS(=O)(=O)C2)c1S(=O)(=O)Cl. The van der Waals surface area contributed by atoms with Crippen molar-refractivity contribution in [3.05, 3.63) is 11.4 Å². The number of carbonyl (C=O) groups excluding carboxylic acids is 1. The van der Waals surface area contributed by atoms with Crippen LogP contribution in [0.2, 0.25) is 0 Å². The molecule has 1 atom stereocenters. The van der Waals surface area contributed by atoms with Gasteiger partial charge in [-0.2, -0.15) is 5.10 Å². The Morgan fingerprint density at radius 1 is 1.48 bits per heavy atom. The van der Waals surface area contributed by atoms with Gasteiger partial charge in [0.1, 0.15) is 4.90 Å². The predicted molar refractivity (Wildman–Crippen MR) is 75.5 cm³/mol. The van der Waals surface area contributed by atoms with E-state index in [9.17, 15) is 21.6 Å². The summed E-state index contributed by atoms with van der Waals surface area (Å²) in [6.07, 6.45) is 0.257. The van der Waals surface area contributed by atoms with Gasteiger partial charge in [-0.15, -0.1) is 0 Å². The molecule has 2 rings (SSSR count). The zero-order valence-corrected chi connectivity index (χ0v) is 13.7. The Morgan fingerprint density at radius 2 is 2.10 bits per heavy atom. The summed E-state index contributed by atoms with van der Waals surface area (Å²) in [5.74, 6) is -1.000. The van der Waals surface area contributed by atoms with Crippen molar-refractivity contribution in [1.82, 2.24) is 15.5 Å². The van der Waals surface area contributed by atoms with Crippen LogP contribution >= 0.6 is 10.7 Å². The molecule has 1 aromatic rings. The summed E-state index contributed by atoms with van der Waals surface area (Å²) in [6, 6.07) is 0. The van der Waals surface area contributed by atoms with Crippen LogP contribution in [0.1, 0.15) is 29.5 Å². The molecule has 0 bridgehead atoms. The van der Waals surface area contributed by atoms with Crippen molar-refractivity contribution >= 4 is 35.5 Å². The second-order valence-corrected chi connectivity index (χ2v) is 10.0. The van der Waals surface area contributed by atoms with Gasteiger partial charge < -0.3 is 5.32 Å². The number of aromatic amines is 1. The lowest BCUT2D eigenvalue weighted by molar-refractivity contribution is 0.0907. The Labute approximate surface area is 126 Å². The van der Waals surface area contributed by atoms with Gasteiger partial charge in [-0.05, 0) is 20.3 Å². The maximum absolute atomic E-state index is 12.2. The lowest BCUT2D eigenvalue weighted by Gasteiger charge is -2.23. The Kier molecular flexibility index (Phi) is 3.83. The summed E-state index contributed by atoms with van der Waals surface area (Å²) < 4.78 is 46.0. The van der Waals surface area contributed by atoms with Gasteiger partial charge in [0.25, 0.3) is 15.0 Å². The molecule has 1 unspecified atom stereocenters. The zero-order chi connectivity index (χ0) is 16.1. The number of carbonyl (C=O) groups is 1. The van der Waals surface area contributed by atoms with Crippen LogP contribution < -0.4 is 5.32 Å². The highest BCUT2D eigenvalue weighted by atomic mass is 35.7. The fraction of sp³-hybridized carbons (Fsp3) is 0.600. The quantitative estimate of drug-likeness (QED) is 0.732. The van der Waals surface area contributed by atoms with E-state index in [1.807, 2.05) is 0 Å². The third-order valence-electron chi connectivity index (χ3n) is 3.27. The zero-order valence-electron chi connectivity index (χ0n) is 11.3. The van der Waals surface area contributed by atoms with Crippen molar-refractivity contribution < 1.29 is 21.6 Å². The summed E-state index contributed by atoms with van der Waals surface area (Å²) in [7, 11) is -2.06. The summed E-state index contributed by atoms with van der Waals surface area (Å²) in [5, 5.41) is 8.56. The normalized spacial score (nSPS) is 24.9. The summed E-state index contributed by atoms with van der Waals surface area (Å²) >= 11 is 0. The molecule has 11 heteroatoms. The molecule has 1 aliphatic rings. The predicted octanol–water partition coefficient (Wildman–Crippen LogP) is -0.0474. The molecule has 0 spiro atoms. The van der Waals surface area contributed by atoms with E-state index in [0.717, 1.165) is 0 Å².